The lowest BCUT2D eigenvalue weighted by Crippen LogP contribution is -2.41. The Balaban J connectivity index is 2.05. The van der Waals surface area contributed by atoms with E-state index in [0.29, 0.717) is 17.9 Å². The molecule has 5 unspecified atom stereocenters. The van der Waals surface area contributed by atoms with Crippen molar-refractivity contribution in [3.8, 4) is 0 Å². The maximum atomic E-state index is 13.6. The molecule has 2 rings (SSSR count). The third-order valence-corrected chi connectivity index (χ3v) is 4.02. The van der Waals surface area contributed by atoms with Crippen LogP contribution in [0, 0.1) is 11.8 Å². The Morgan fingerprint density at radius 2 is 2.21 bits per heavy atom. The van der Waals surface area contributed by atoms with Crippen LogP contribution in [0.1, 0.15) is 32.6 Å². The highest BCUT2D eigenvalue weighted by Crippen LogP contribution is 2.40. The van der Waals surface area contributed by atoms with E-state index < -0.39 is 6.17 Å². The number of fused-ring (bicyclic) bond motifs is 1. The van der Waals surface area contributed by atoms with E-state index in [2.05, 4.69) is 12.2 Å². The molecule has 1 aliphatic carbocycles. The summed E-state index contributed by atoms with van der Waals surface area (Å²) in [5.74, 6) is 1.14. The van der Waals surface area contributed by atoms with E-state index in [4.69, 9.17) is 5.73 Å². The zero-order valence-corrected chi connectivity index (χ0v) is 8.88. The van der Waals surface area contributed by atoms with Crippen LogP contribution in [-0.4, -0.2) is 24.8 Å². The van der Waals surface area contributed by atoms with Gasteiger partial charge in [0.15, 0.2) is 0 Å². The standard InChI is InChI=1S/C11H21FN2/c1-7-8(5-6-13)9-3-2-4-10(12)11(9)14-7/h7-11,14H,2-6,13H2,1H3. The van der Waals surface area contributed by atoms with Crippen LogP contribution in [0.4, 0.5) is 4.39 Å². The van der Waals surface area contributed by atoms with Gasteiger partial charge in [0.25, 0.3) is 0 Å². The normalized spacial score (nSPS) is 47.8. The van der Waals surface area contributed by atoms with Gasteiger partial charge in [-0.2, -0.15) is 0 Å². The Morgan fingerprint density at radius 3 is 2.93 bits per heavy atom. The summed E-state index contributed by atoms with van der Waals surface area (Å²) in [4.78, 5) is 0. The quantitative estimate of drug-likeness (QED) is 0.708. The Labute approximate surface area is 85.4 Å². The molecule has 0 bridgehead atoms. The van der Waals surface area contributed by atoms with Gasteiger partial charge in [0, 0.05) is 12.1 Å². The molecule has 3 N–H and O–H groups in total. The van der Waals surface area contributed by atoms with Crippen molar-refractivity contribution in [2.24, 2.45) is 17.6 Å². The van der Waals surface area contributed by atoms with Crippen LogP contribution in [0.15, 0.2) is 0 Å². The minimum atomic E-state index is -0.626. The Morgan fingerprint density at radius 1 is 1.43 bits per heavy atom. The number of hydrogen-bond acceptors (Lipinski definition) is 2. The number of nitrogens with one attached hydrogen (secondary N) is 1. The first kappa shape index (κ1) is 10.4. The average molecular weight is 200 g/mol. The third-order valence-electron chi connectivity index (χ3n) is 4.02. The zero-order valence-electron chi connectivity index (χ0n) is 8.88. The molecule has 1 saturated heterocycles. The van der Waals surface area contributed by atoms with Gasteiger partial charge in [-0.1, -0.05) is 6.42 Å². The summed E-state index contributed by atoms with van der Waals surface area (Å²) in [7, 11) is 0. The molecule has 2 aliphatic rings. The van der Waals surface area contributed by atoms with Crippen molar-refractivity contribution in [2.45, 2.75) is 50.9 Å². The van der Waals surface area contributed by atoms with Gasteiger partial charge in [-0.25, -0.2) is 4.39 Å². The Hall–Kier alpha value is -0.150. The number of halogens is 1. The van der Waals surface area contributed by atoms with E-state index in [0.717, 1.165) is 25.8 Å². The molecule has 2 fully saturated rings. The number of hydrogen-bond donors (Lipinski definition) is 2. The Bertz CT molecular complexity index is 198. The molecule has 2 nitrogen and oxygen atoms in total. The fourth-order valence-electron chi connectivity index (χ4n) is 3.34. The van der Waals surface area contributed by atoms with E-state index >= 15 is 0 Å². The maximum absolute atomic E-state index is 13.6. The second-order valence-electron chi connectivity index (χ2n) is 4.83. The largest absolute Gasteiger partial charge is 0.330 e. The van der Waals surface area contributed by atoms with Crippen molar-refractivity contribution >= 4 is 0 Å². The molecule has 1 aliphatic heterocycles. The predicted molar refractivity (Wildman–Crippen MR) is 55.8 cm³/mol. The van der Waals surface area contributed by atoms with Gasteiger partial charge >= 0.3 is 0 Å². The molecule has 0 amide bonds. The van der Waals surface area contributed by atoms with Crippen LogP contribution in [0.25, 0.3) is 0 Å². The molecule has 0 spiro atoms. The summed E-state index contributed by atoms with van der Waals surface area (Å²) in [6.07, 6.45) is 3.40. The summed E-state index contributed by atoms with van der Waals surface area (Å²) < 4.78 is 13.6. The van der Waals surface area contributed by atoms with Crippen LogP contribution in [0.5, 0.6) is 0 Å². The molecule has 0 aromatic heterocycles. The second-order valence-corrected chi connectivity index (χ2v) is 4.83. The van der Waals surface area contributed by atoms with Gasteiger partial charge in [0.05, 0.1) is 0 Å². The molecule has 3 heteroatoms. The van der Waals surface area contributed by atoms with Crippen molar-refractivity contribution < 1.29 is 4.39 Å². The number of nitrogens with two attached hydrogens (primary N) is 1. The second kappa shape index (κ2) is 4.15. The third kappa shape index (κ3) is 1.68. The predicted octanol–water partition coefficient (Wildman–Crippen LogP) is 1.45. The summed E-state index contributed by atoms with van der Waals surface area (Å²) in [6.45, 7) is 2.90. The van der Waals surface area contributed by atoms with E-state index in [1.807, 2.05) is 0 Å². The van der Waals surface area contributed by atoms with Crippen molar-refractivity contribution in [3.63, 3.8) is 0 Å². The minimum absolute atomic E-state index is 0.121. The molecule has 1 saturated carbocycles. The first-order chi connectivity index (χ1) is 6.74. The van der Waals surface area contributed by atoms with Crippen LogP contribution < -0.4 is 11.1 Å². The van der Waals surface area contributed by atoms with Gasteiger partial charge in [-0.05, 0) is 44.6 Å². The van der Waals surface area contributed by atoms with Gasteiger partial charge < -0.3 is 11.1 Å². The molecule has 1 heterocycles. The van der Waals surface area contributed by atoms with E-state index in [9.17, 15) is 4.39 Å². The molecule has 0 aromatic carbocycles. The SMILES string of the molecule is CC1NC2C(F)CCCC2C1CCN. The van der Waals surface area contributed by atoms with E-state index in [1.165, 1.54) is 6.42 Å². The summed E-state index contributed by atoms with van der Waals surface area (Å²) >= 11 is 0. The molecular weight excluding hydrogens is 179 g/mol. The van der Waals surface area contributed by atoms with Gasteiger partial charge in [-0.15, -0.1) is 0 Å². The van der Waals surface area contributed by atoms with Crippen LogP contribution >= 0.6 is 0 Å². The lowest BCUT2D eigenvalue weighted by atomic mass is 9.76. The van der Waals surface area contributed by atoms with E-state index in [-0.39, 0.29) is 6.04 Å². The van der Waals surface area contributed by atoms with Crippen LogP contribution in [0.3, 0.4) is 0 Å². The van der Waals surface area contributed by atoms with Crippen LogP contribution in [0.2, 0.25) is 0 Å². The molecule has 5 atom stereocenters. The smallest absolute Gasteiger partial charge is 0.116 e. The van der Waals surface area contributed by atoms with Gasteiger partial charge in [-0.3, -0.25) is 0 Å². The summed E-state index contributed by atoms with van der Waals surface area (Å²) in [5.41, 5.74) is 5.61. The fraction of sp³-hybridized carbons (Fsp3) is 1.00. The van der Waals surface area contributed by atoms with E-state index in [1.54, 1.807) is 0 Å². The lowest BCUT2D eigenvalue weighted by Gasteiger charge is -2.31. The highest BCUT2D eigenvalue weighted by molar-refractivity contribution is 5.00. The van der Waals surface area contributed by atoms with Crippen molar-refractivity contribution in [2.75, 3.05) is 6.54 Å². The Kier molecular flexibility index (Phi) is 3.07. The minimum Gasteiger partial charge on any atom is -0.330 e. The highest BCUT2D eigenvalue weighted by atomic mass is 19.1. The van der Waals surface area contributed by atoms with Gasteiger partial charge in [0.1, 0.15) is 6.17 Å². The van der Waals surface area contributed by atoms with Crippen molar-refractivity contribution in [1.82, 2.24) is 5.32 Å². The first-order valence-electron chi connectivity index (χ1n) is 5.84. The molecule has 82 valence electrons. The lowest BCUT2D eigenvalue weighted by molar-refractivity contribution is 0.149. The maximum Gasteiger partial charge on any atom is 0.116 e. The summed E-state index contributed by atoms with van der Waals surface area (Å²) in [6, 6.07) is 0.570. The average Bonchev–Trinajstić information content (AvgIpc) is 2.47. The fourth-order valence-corrected chi connectivity index (χ4v) is 3.34. The van der Waals surface area contributed by atoms with Crippen molar-refractivity contribution in [1.29, 1.82) is 0 Å². The number of rotatable bonds is 2. The highest BCUT2D eigenvalue weighted by Gasteiger charge is 2.45. The zero-order chi connectivity index (χ0) is 10.1. The van der Waals surface area contributed by atoms with Crippen molar-refractivity contribution in [3.05, 3.63) is 0 Å². The molecular formula is C11H21FN2. The first-order valence-corrected chi connectivity index (χ1v) is 5.84. The van der Waals surface area contributed by atoms with Gasteiger partial charge in [0.2, 0.25) is 0 Å². The molecule has 0 aromatic rings. The number of alkyl halides is 1. The summed E-state index contributed by atoms with van der Waals surface area (Å²) in [5, 5.41) is 3.41. The molecule has 14 heavy (non-hydrogen) atoms. The van der Waals surface area contributed by atoms with Crippen LogP contribution in [-0.2, 0) is 0 Å². The molecule has 0 radical (unpaired) electrons. The monoisotopic (exact) mass is 200 g/mol. The topological polar surface area (TPSA) is 38.0 Å².